The van der Waals surface area contributed by atoms with E-state index in [1.165, 1.54) is 36.8 Å². The van der Waals surface area contributed by atoms with E-state index in [1.807, 2.05) is 31.2 Å². The summed E-state index contributed by atoms with van der Waals surface area (Å²) in [6.07, 6.45) is 14.6. The summed E-state index contributed by atoms with van der Waals surface area (Å²) in [5.74, 6) is 0.730. The van der Waals surface area contributed by atoms with Crippen LogP contribution >= 0.6 is 0 Å². The molecule has 57 heavy (non-hydrogen) atoms. The second-order valence-corrected chi connectivity index (χ2v) is 17.5. The van der Waals surface area contributed by atoms with Crippen molar-refractivity contribution in [1.29, 1.82) is 0 Å². The summed E-state index contributed by atoms with van der Waals surface area (Å²) in [4.78, 5) is 29.0. The van der Waals surface area contributed by atoms with E-state index in [4.69, 9.17) is 9.47 Å². The standard InChI is InChI=1S/C50H55NO6/c1-3-31(24-32-10-5-4-6-11-32)26-43-50-23-22-38(39-19-20-40-42(21-16-30(2)29-52)56-48(54)45(40)46(39)50)44(47(50)49(55)57-43)41-27-36(53)17-18-37(41)34-13-9-12-33(25-34)28-51-35-14-7-8-15-35/h4-6,9-13,17-18,21,25-27,30-31,35,38-39,46,51-53H,3,7-8,14-16,19-20,22-24,28-29H2,1-2H3/b42-21?,43-26-/t30-,31-,38+,39-,46+,50+/m0/s1. The molecule has 7 heteroatoms. The van der Waals surface area contributed by atoms with Gasteiger partial charge in [0, 0.05) is 36.3 Å². The Morgan fingerprint density at radius 1 is 0.895 bits per heavy atom. The average molecular weight is 766 g/mol. The van der Waals surface area contributed by atoms with Crippen molar-refractivity contribution in [3.8, 4) is 16.9 Å². The lowest BCUT2D eigenvalue weighted by molar-refractivity contribution is -0.135. The Kier molecular flexibility index (Phi) is 10.3. The molecule has 0 unspecified atom stereocenters. The number of ether oxygens (including phenoxy) is 2. The van der Waals surface area contributed by atoms with Crippen molar-refractivity contribution in [2.75, 3.05) is 6.61 Å². The summed E-state index contributed by atoms with van der Waals surface area (Å²) in [5, 5.41) is 24.7. The third-order valence-corrected chi connectivity index (χ3v) is 14.1. The van der Waals surface area contributed by atoms with Crippen LogP contribution < -0.4 is 5.32 Å². The van der Waals surface area contributed by atoms with E-state index in [0.29, 0.717) is 48.0 Å². The number of hydrogen-bond acceptors (Lipinski definition) is 7. The van der Waals surface area contributed by atoms with Gasteiger partial charge in [-0.3, -0.25) is 0 Å². The van der Waals surface area contributed by atoms with Crippen LogP contribution in [0.5, 0.6) is 5.75 Å². The van der Waals surface area contributed by atoms with Crippen molar-refractivity contribution in [3.63, 3.8) is 0 Å². The zero-order valence-corrected chi connectivity index (χ0v) is 33.3. The number of aliphatic hydroxyl groups is 1. The van der Waals surface area contributed by atoms with Gasteiger partial charge in [-0.25, -0.2) is 9.59 Å². The third-order valence-electron chi connectivity index (χ3n) is 14.1. The fraction of sp³-hybridized carbons (Fsp3) is 0.440. The van der Waals surface area contributed by atoms with E-state index < -0.39 is 5.41 Å². The van der Waals surface area contributed by atoms with E-state index in [9.17, 15) is 19.8 Å². The predicted molar refractivity (Wildman–Crippen MR) is 221 cm³/mol. The van der Waals surface area contributed by atoms with Crippen molar-refractivity contribution >= 4 is 17.5 Å². The highest BCUT2D eigenvalue weighted by atomic mass is 16.5. The molecule has 0 amide bonds. The number of hydrogen-bond donors (Lipinski definition) is 3. The van der Waals surface area contributed by atoms with Gasteiger partial charge in [0.2, 0.25) is 0 Å². The summed E-state index contributed by atoms with van der Waals surface area (Å²) in [6, 6.07) is 25.2. The Bertz CT molecular complexity index is 2190. The first-order valence-electron chi connectivity index (χ1n) is 21.4. The predicted octanol–water partition coefficient (Wildman–Crippen LogP) is 9.75. The van der Waals surface area contributed by atoms with Crippen LogP contribution in [0, 0.1) is 35.0 Å². The minimum atomic E-state index is -0.848. The van der Waals surface area contributed by atoms with Crippen LogP contribution in [-0.2, 0) is 32.0 Å². The summed E-state index contributed by atoms with van der Waals surface area (Å²) >= 11 is 0. The Morgan fingerprint density at radius 3 is 2.49 bits per heavy atom. The van der Waals surface area contributed by atoms with Crippen LogP contribution in [0.4, 0.5) is 0 Å². The molecule has 0 radical (unpaired) electrons. The zero-order valence-electron chi connectivity index (χ0n) is 33.3. The first-order valence-corrected chi connectivity index (χ1v) is 21.4. The van der Waals surface area contributed by atoms with Crippen molar-refractivity contribution < 1.29 is 29.3 Å². The Morgan fingerprint density at radius 2 is 1.70 bits per heavy atom. The SMILES string of the molecule is CC[C@H](/C=C1\OC(=O)C2=C(c3cc(O)ccc3-c3cccc(CNC4CCCC4)c3)[C@@H]3CC[C@@]21[C@H]1C2=C(CC[C@@H]31)C(=CC[C@H](C)CO)OC2=O)Cc1ccccc1. The number of phenolic OH excluding ortho intramolecular Hbond substituents is 1. The Hall–Kier alpha value is -4.72. The van der Waals surface area contributed by atoms with Crippen LogP contribution in [-0.4, -0.2) is 34.8 Å². The van der Waals surface area contributed by atoms with Gasteiger partial charge in [-0.15, -0.1) is 0 Å². The molecule has 5 aliphatic carbocycles. The third kappa shape index (κ3) is 6.71. The highest BCUT2D eigenvalue weighted by Gasteiger charge is 2.68. The number of aromatic hydroxyl groups is 1. The highest BCUT2D eigenvalue weighted by molar-refractivity contribution is 6.07. The van der Waals surface area contributed by atoms with E-state index in [2.05, 4.69) is 66.8 Å². The van der Waals surface area contributed by atoms with Crippen molar-refractivity contribution in [2.45, 2.75) is 97.1 Å². The van der Waals surface area contributed by atoms with Gasteiger partial charge in [-0.2, -0.15) is 0 Å². The maximum Gasteiger partial charge on any atom is 0.340 e. The number of phenols is 1. The monoisotopic (exact) mass is 765 g/mol. The molecule has 3 N–H and O–H groups in total. The maximum absolute atomic E-state index is 14.8. The summed E-state index contributed by atoms with van der Waals surface area (Å²) in [5.41, 5.74) is 7.76. The minimum Gasteiger partial charge on any atom is -0.508 e. The van der Waals surface area contributed by atoms with Gasteiger partial charge in [-0.1, -0.05) is 81.3 Å². The number of rotatable bonds is 12. The minimum absolute atomic E-state index is 0.0119. The fourth-order valence-corrected chi connectivity index (χ4v) is 11.3. The van der Waals surface area contributed by atoms with Gasteiger partial charge in [0.1, 0.15) is 17.3 Å². The van der Waals surface area contributed by atoms with E-state index in [1.54, 1.807) is 6.07 Å². The summed E-state index contributed by atoms with van der Waals surface area (Å²) in [6.45, 7) is 5.01. The van der Waals surface area contributed by atoms with E-state index in [0.717, 1.165) is 60.1 Å². The van der Waals surface area contributed by atoms with Gasteiger partial charge in [0.25, 0.3) is 0 Å². The molecule has 6 atom stereocenters. The van der Waals surface area contributed by atoms with E-state index in [-0.39, 0.29) is 53.9 Å². The lowest BCUT2D eigenvalue weighted by atomic mass is 9.44. The lowest BCUT2D eigenvalue weighted by Gasteiger charge is -2.56. The topological polar surface area (TPSA) is 105 Å². The van der Waals surface area contributed by atoms with Gasteiger partial charge in [0.05, 0.1) is 11.0 Å². The quantitative estimate of drug-likeness (QED) is 0.158. The van der Waals surface area contributed by atoms with Crippen LogP contribution in [0.3, 0.4) is 0 Å². The number of fused-ring (bicyclic) bond motifs is 1. The smallest absolute Gasteiger partial charge is 0.340 e. The second-order valence-electron chi connectivity index (χ2n) is 17.5. The first kappa shape index (κ1) is 37.8. The molecule has 1 spiro atoms. The molecule has 2 bridgehead atoms. The molecule has 10 rings (SSSR count). The highest BCUT2D eigenvalue weighted by Crippen LogP contribution is 2.72. The number of nitrogens with one attached hydrogen (secondary N) is 1. The largest absolute Gasteiger partial charge is 0.508 e. The molecule has 2 heterocycles. The van der Waals surface area contributed by atoms with Crippen LogP contribution in [0.1, 0.15) is 94.7 Å². The molecule has 0 aromatic heterocycles. The summed E-state index contributed by atoms with van der Waals surface area (Å²) < 4.78 is 12.6. The van der Waals surface area contributed by atoms with Gasteiger partial charge < -0.3 is 25.0 Å². The van der Waals surface area contributed by atoms with Gasteiger partial charge >= 0.3 is 11.9 Å². The fourth-order valence-electron chi connectivity index (χ4n) is 11.3. The molecule has 7 nitrogen and oxygen atoms in total. The van der Waals surface area contributed by atoms with Crippen LogP contribution in [0.15, 0.2) is 113 Å². The number of allylic oxidation sites excluding steroid dienone is 5. The molecular weight excluding hydrogens is 711 g/mol. The van der Waals surface area contributed by atoms with E-state index >= 15 is 0 Å². The van der Waals surface area contributed by atoms with Crippen LogP contribution in [0.25, 0.3) is 16.7 Å². The van der Waals surface area contributed by atoms with Crippen molar-refractivity contribution in [1.82, 2.24) is 5.32 Å². The lowest BCUT2D eigenvalue weighted by Crippen LogP contribution is -2.52. The molecule has 3 aromatic carbocycles. The van der Waals surface area contributed by atoms with Gasteiger partial charge in [-0.05, 0) is 145 Å². The number of carbonyl (C=O) groups excluding carboxylic acids is 2. The molecule has 2 aliphatic heterocycles. The second kappa shape index (κ2) is 15.6. The molecule has 7 aliphatic rings. The molecule has 3 fully saturated rings. The Balaban J connectivity index is 1.20. The van der Waals surface area contributed by atoms with Gasteiger partial charge in [0.15, 0.2) is 0 Å². The molecule has 3 aromatic rings. The number of carbonyl (C=O) groups is 2. The first-order chi connectivity index (χ1) is 27.8. The number of cyclic esters (lactones) is 2. The normalized spacial score (nSPS) is 27.8. The van der Waals surface area contributed by atoms with Crippen molar-refractivity contribution in [2.24, 2.45) is 35.0 Å². The molecule has 1 saturated heterocycles. The zero-order chi connectivity index (χ0) is 39.3. The van der Waals surface area contributed by atoms with Crippen molar-refractivity contribution in [3.05, 3.63) is 130 Å². The Labute approximate surface area is 336 Å². The number of esters is 2. The average Bonchev–Trinajstić information content (AvgIpc) is 3.95. The number of aliphatic hydroxyl groups excluding tert-OH is 1. The summed E-state index contributed by atoms with van der Waals surface area (Å²) in [7, 11) is 0. The molecule has 296 valence electrons. The molecule has 2 saturated carbocycles. The maximum atomic E-state index is 14.8. The molecular formula is C50H55NO6. The van der Waals surface area contributed by atoms with Crippen LogP contribution in [0.2, 0.25) is 0 Å². The number of benzene rings is 3.